The molecule has 0 fully saturated rings. The Bertz CT molecular complexity index is 517. The molecule has 6 heteroatoms. The minimum atomic E-state index is -1.08. The van der Waals surface area contributed by atoms with Crippen LogP contribution in [0.15, 0.2) is 24.3 Å². The SMILES string of the molecule is CC(C)[C@@H](NC(=O)COc1ccc(C#N)cc1)C(=O)O. The molecule has 0 bridgehead atoms. The van der Waals surface area contributed by atoms with Gasteiger partial charge in [0, 0.05) is 0 Å². The lowest BCUT2D eigenvalue weighted by atomic mass is 10.1. The van der Waals surface area contributed by atoms with Crippen LogP contribution in [-0.2, 0) is 9.59 Å². The van der Waals surface area contributed by atoms with Crippen LogP contribution < -0.4 is 10.1 Å². The van der Waals surface area contributed by atoms with E-state index in [1.807, 2.05) is 6.07 Å². The van der Waals surface area contributed by atoms with Gasteiger partial charge < -0.3 is 15.2 Å². The van der Waals surface area contributed by atoms with E-state index < -0.39 is 17.9 Å². The predicted octanol–water partition coefficient (Wildman–Crippen LogP) is 1.16. The number of carboxylic acids is 1. The Morgan fingerprint density at radius 2 is 1.95 bits per heavy atom. The van der Waals surface area contributed by atoms with Crippen LogP contribution in [0, 0.1) is 17.2 Å². The Morgan fingerprint density at radius 1 is 1.35 bits per heavy atom. The second-order valence-corrected chi connectivity index (χ2v) is 4.55. The molecule has 2 N–H and O–H groups in total. The molecule has 1 aromatic carbocycles. The molecule has 0 unspecified atom stereocenters. The number of nitrogens with zero attached hydrogens (tertiary/aromatic N) is 1. The third-order valence-corrected chi connectivity index (χ3v) is 2.60. The monoisotopic (exact) mass is 276 g/mol. The quantitative estimate of drug-likeness (QED) is 0.812. The zero-order chi connectivity index (χ0) is 15.1. The van der Waals surface area contributed by atoms with Gasteiger partial charge in [-0.25, -0.2) is 4.79 Å². The Hall–Kier alpha value is -2.55. The summed E-state index contributed by atoms with van der Waals surface area (Å²) in [5, 5.41) is 20.0. The van der Waals surface area contributed by atoms with E-state index in [0.717, 1.165) is 0 Å². The summed E-state index contributed by atoms with van der Waals surface area (Å²) in [4.78, 5) is 22.5. The van der Waals surface area contributed by atoms with Gasteiger partial charge in [-0.2, -0.15) is 5.26 Å². The van der Waals surface area contributed by atoms with E-state index in [1.54, 1.807) is 38.1 Å². The molecule has 1 atom stereocenters. The molecule has 0 aliphatic carbocycles. The summed E-state index contributed by atoms with van der Waals surface area (Å²) < 4.78 is 5.21. The summed E-state index contributed by atoms with van der Waals surface area (Å²) >= 11 is 0. The normalized spacial score (nSPS) is 11.5. The molecule has 0 aliphatic heterocycles. The smallest absolute Gasteiger partial charge is 0.326 e. The highest BCUT2D eigenvalue weighted by Gasteiger charge is 2.23. The molecule has 1 rings (SSSR count). The standard InChI is InChI=1S/C14H16N2O4/c1-9(2)13(14(18)19)16-12(17)8-20-11-5-3-10(7-15)4-6-11/h3-6,9,13H,8H2,1-2H3,(H,16,17)(H,18,19)/t13-/m1/s1. The molecule has 106 valence electrons. The molecule has 0 saturated carbocycles. The highest BCUT2D eigenvalue weighted by Crippen LogP contribution is 2.11. The van der Waals surface area contributed by atoms with Crippen LogP contribution >= 0.6 is 0 Å². The van der Waals surface area contributed by atoms with E-state index >= 15 is 0 Å². The van der Waals surface area contributed by atoms with Gasteiger partial charge >= 0.3 is 5.97 Å². The fraction of sp³-hybridized carbons (Fsp3) is 0.357. The maximum absolute atomic E-state index is 11.6. The first-order valence-electron chi connectivity index (χ1n) is 6.09. The first kappa shape index (κ1) is 15.5. The van der Waals surface area contributed by atoms with Gasteiger partial charge in [0.2, 0.25) is 0 Å². The number of hydrogen-bond donors (Lipinski definition) is 2. The van der Waals surface area contributed by atoms with Crippen LogP contribution in [0.2, 0.25) is 0 Å². The molecular formula is C14H16N2O4. The number of rotatable bonds is 6. The Balaban J connectivity index is 2.50. The molecule has 0 heterocycles. The number of benzene rings is 1. The highest BCUT2D eigenvalue weighted by molar-refractivity contribution is 5.84. The lowest BCUT2D eigenvalue weighted by Gasteiger charge is -2.17. The van der Waals surface area contributed by atoms with Crippen LogP contribution in [-0.4, -0.2) is 29.6 Å². The van der Waals surface area contributed by atoms with Crippen molar-refractivity contribution in [2.24, 2.45) is 5.92 Å². The molecule has 1 aromatic rings. The first-order chi connectivity index (χ1) is 9.43. The second-order valence-electron chi connectivity index (χ2n) is 4.55. The minimum absolute atomic E-state index is 0.216. The molecule has 1 amide bonds. The van der Waals surface area contributed by atoms with Crippen LogP contribution in [0.4, 0.5) is 0 Å². The van der Waals surface area contributed by atoms with Gasteiger partial charge in [0.15, 0.2) is 6.61 Å². The van der Waals surface area contributed by atoms with Gasteiger partial charge in [0.05, 0.1) is 11.6 Å². The number of ether oxygens (including phenoxy) is 1. The molecule has 0 spiro atoms. The number of carboxylic acid groups (broad SMARTS) is 1. The summed E-state index contributed by atoms with van der Waals surface area (Å²) in [6.07, 6.45) is 0. The summed E-state index contributed by atoms with van der Waals surface area (Å²) in [5.74, 6) is -1.36. The van der Waals surface area contributed by atoms with Crippen molar-refractivity contribution in [3.05, 3.63) is 29.8 Å². The topological polar surface area (TPSA) is 99.4 Å². The summed E-state index contributed by atoms with van der Waals surface area (Å²) in [7, 11) is 0. The number of carbonyl (C=O) groups is 2. The minimum Gasteiger partial charge on any atom is -0.484 e. The van der Waals surface area contributed by atoms with Gasteiger partial charge in [0.25, 0.3) is 5.91 Å². The van der Waals surface area contributed by atoms with Gasteiger partial charge in [-0.3, -0.25) is 4.79 Å². The zero-order valence-corrected chi connectivity index (χ0v) is 11.3. The van der Waals surface area contributed by atoms with E-state index in [0.29, 0.717) is 11.3 Å². The van der Waals surface area contributed by atoms with Crippen molar-refractivity contribution >= 4 is 11.9 Å². The summed E-state index contributed by atoms with van der Waals surface area (Å²) in [5.41, 5.74) is 0.493. The maximum atomic E-state index is 11.6. The van der Waals surface area contributed by atoms with E-state index in [2.05, 4.69) is 5.32 Å². The molecule has 0 aromatic heterocycles. The van der Waals surface area contributed by atoms with Gasteiger partial charge in [-0.1, -0.05) is 13.8 Å². The number of carbonyl (C=O) groups excluding carboxylic acids is 1. The molecule has 0 saturated heterocycles. The van der Waals surface area contributed by atoms with Crippen LogP contribution in [0.25, 0.3) is 0 Å². The number of nitrogens with one attached hydrogen (secondary N) is 1. The van der Waals surface area contributed by atoms with Gasteiger partial charge in [0.1, 0.15) is 11.8 Å². The van der Waals surface area contributed by atoms with Crippen LogP contribution in [0.1, 0.15) is 19.4 Å². The van der Waals surface area contributed by atoms with Crippen molar-refractivity contribution in [1.29, 1.82) is 5.26 Å². The fourth-order valence-electron chi connectivity index (χ4n) is 1.50. The van der Waals surface area contributed by atoms with Crippen LogP contribution in [0.3, 0.4) is 0 Å². The molecular weight excluding hydrogens is 260 g/mol. The van der Waals surface area contributed by atoms with Crippen molar-refractivity contribution in [2.45, 2.75) is 19.9 Å². The molecule has 0 radical (unpaired) electrons. The predicted molar refractivity (Wildman–Crippen MR) is 71.1 cm³/mol. The van der Waals surface area contributed by atoms with Crippen molar-refractivity contribution in [3.8, 4) is 11.8 Å². The summed E-state index contributed by atoms with van der Waals surface area (Å²) in [6, 6.07) is 7.32. The second kappa shape index (κ2) is 7.14. The average molecular weight is 276 g/mol. The fourth-order valence-corrected chi connectivity index (χ4v) is 1.50. The summed E-state index contributed by atoms with van der Waals surface area (Å²) in [6.45, 7) is 3.14. The lowest BCUT2D eigenvalue weighted by molar-refractivity contribution is -0.143. The van der Waals surface area contributed by atoms with Crippen molar-refractivity contribution in [1.82, 2.24) is 5.32 Å². The van der Waals surface area contributed by atoms with Crippen LogP contribution in [0.5, 0.6) is 5.75 Å². The van der Waals surface area contributed by atoms with Crippen molar-refractivity contribution < 1.29 is 19.4 Å². The van der Waals surface area contributed by atoms with Gasteiger partial charge in [-0.15, -0.1) is 0 Å². The van der Waals surface area contributed by atoms with Crippen molar-refractivity contribution in [3.63, 3.8) is 0 Å². The molecule has 0 aliphatic rings. The van der Waals surface area contributed by atoms with E-state index in [-0.39, 0.29) is 12.5 Å². The zero-order valence-electron chi connectivity index (χ0n) is 11.3. The number of amides is 1. The third kappa shape index (κ3) is 4.61. The number of aliphatic carboxylic acids is 1. The number of hydrogen-bond acceptors (Lipinski definition) is 4. The average Bonchev–Trinajstić information content (AvgIpc) is 2.42. The van der Waals surface area contributed by atoms with Crippen molar-refractivity contribution in [2.75, 3.05) is 6.61 Å². The van der Waals surface area contributed by atoms with Gasteiger partial charge in [-0.05, 0) is 30.2 Å². The Morgan fingerprint density at radius 3 is 2.40 bits per heavy atom. The highest BCUT2D eigenvalue weighted by atomic mass is 16.5. The largest absolute Gasteiger partial charge is 0.484 e. The Kier molecular flexibility index (Phi) is 5.54. The third-order valence-electron chi connectivity index (χ3n) is 2.60. The van der Waals surface area contributed by atoms with E-state index in [9.17, 15) is 9.59 Å². The maximum Gasteiger partial charge on any atom is 0.326 e. The first-order valence-corrected chi connectivity index (χ1v) is 6.09. The molecule has 6 nitrogen and oxygen atoms in total. The number of nitriles is 1. The Labute approximate surface area is 117 Å². The lowest BCUT2D eigenvalue weighted by Crippen LogP contribution is -2.46. The van der Waals surface area contributed by atoms with E-state index in [4.69, 9.17) is 15.1 Å². The molecule has 20 heavy (non-hydrogen) atoms. The van der Waals surface area contributed by atoms with E-state index in [1.165, 1.54) is 0 Å².